The summed E-state index contributed by atoms with van der Waals surface area (Å²) in [6.07, 6.45) is 0. The molecule has 0 saturated carbocycles. The number of ether oxygens (including phenoxy) is 1. The average molecular weight is 268 g/mol. The lowest BCUT2D eigenvalue weighted by molar-refractivity contribution is -0.00815. The number of benzene rings is 1. The summed E-state index contributed by atoms with van der Waals surface area (Å²) in [5, 5.41) is 5.46. The molecule has 0 bridgehead atoms. The van der Waals surface area contributed by atoms with Crippen molar-refractivity contribution in [3.8, 4) is 0 Å². The van der Waals surface area contributed by atoms with Gasteiger partial charge < -0.3 is 15.4 Å². The predicted octanol–water partition coefficient (Wildman–Crippen LogP) is 2.41. The summed E-state index contributed by atoms with van der Waals surface area (Å²) in [5.74, 6) is -0.768. The van der Waals surface area contributed by atoms with Gasteiger partial charge in [-0.1, -0.05) is 6.07 Å². The molecule has 0 spiro atoms. The summed E-state index contributed by atoms with van der Waals surface area (Å²) in [6.45, 7) is 6.61. The Balaban J connectivity index is 2.77. The molecular weight excluding hydrogens is 247 g/mol. The van der Waals surface area contributed by atoms with E-state index in [0.29, 0.717) is 13.2 Å². The first-order valence-electron chi connectivity index (χ1n) is 6.29. The number of hydrogen-bond donors (Lipinski definition) is 2. The molecule has 5 heteroatoms. The van der Waals surface area contributed by atoms with Gasteiger partial charge in [0.1, 0.15) is 5.82 Å². The molecule has 0 saturated heterocycles. The van der Waals surface area contributed by atoms with Crippen molar-refractivity contribution in [3.63, 3.8) is 0 Å². The van der Waals surface area contributed by atoms with Crippen LogP contribution >= 0.6 is 0 Å². The molecule has 0 atom stereocenters. The van der Waals surface area contributed by atoms with Crippen LogP contribution in [0.3, 0.4) is 0 Å². The molecule has 0 heterocycles. The highest BCUT2D eigenvalue weighted by molar-refractivity contribution is 5.99. The summed E-state index contributed by atoms with van der Waals surface area (Å²) < 4.78 is 19.0. The quantitative estimate of drug-likeness (QED) is 0.833. The van der Waals surface area contributed by atoms with Crippen molar-refractivity contribution in [2.24, 2.45) is 0 Å². The van der Waals surface area contributed by atoms with Crippen molar-refractivity contribution in [3.05, 3.63) is 29.6 Å². The van der Waals surface area contributed by atoms with Crippen LogP contribution in [0.5, 0.6) is 0 Å². The number of carbonyl (C=O) groups is 1. The van der Waals surface area contributed by atoms with Gasteiger partial charge in [0.2, 0.25) is 0 Å². The number of halogens is 1. The largest absolute Gasteiger partial charge is 0.385 e. The van der Waals surface area contributed by atoms with Gasteiger partial charge in [-0.3, -0.25) is 4.79 Å². The van der Waals surface area contributed by atoms with Gasteiger partial charge in [-0.05, 0) is 32.9 Å². The Bertz CT molecular complexity index is 447. The topological polar surface area (TPSA) is 50.4 Å². The van der Waals surface area contributed by atoms with E-state index in [0.717, 1.165) is 0 Å². The van der Waals surface area contributed by atoms with Crippen LogP contribution in [0.25, 0.3) is 0 Å². The summed E-state index contributed by atoms with van der Waals surface area (Å²) in [6, 6.07) is 4.41. The zero-order valence-corrected chi connectivity index (χ0v) is 11.8. The first-order valence-corrected chi connectivity index (χ1v) is 6.29. The van der Waals surface area contributed by atoms with Gasteiger partial charge in [-0.15, -0.1) is 0 Å². The van der Waals surface area contributed by atoms with E-state index in [-0.39, 0.29) is 17.2 Å². The lowest BCUT2D eigenvalue weighted by Crippen LogP contribution is -2.40. The third-order valence-electron chi connectivity index (χ3n) is 2.72. The molecular formula is C14H21FN2O2. The van der Waals surface area contributed by atoms with Crippen LogP contribution in [0.1, 0.15) is 31.1 Å². The Kier molecular flexibility index (Phi) is 5.30. The Morgan fingerprint density at radius 2 is 2.11 bits per heavy atom. The first-order chi connectivity index (χ1) is 8.91. The zero-order valence-electron chi connectivity index (χ0n) is 11.8. The summed E-state index contributed by atoms with van der Waals surface area (Å²) in [7, 11) is 1.58. The van der Waals surface area contributed by atoms with Crippen LogP contribution < -0.4 is 10.6 Å². The number of amides is 1. The van der Waals surface area contributed by atoms with Gasteiger partial charge in [-0.2, -0.15) is 0 Å². The van der Waals surface area contributed by atoms with Gasteiger partial charge in [0.15, 0.2) is 0 Å². The smallest absolute Gasteiger partial charge is 0.253 e. The Hall–Kier alpha value is -1.62. The second kappa shape index (κ2) is 6.52. The molecule has 0 radical (unpaired) electrons. The van der Waals surface area contributed by atoms with Gasteiger partial charge in [0.05, 0.1) is 16.9 Å². The van der Waals surface area contributed by atoms with Crippen LogP contribution in [0, 0.1) is 5.82 Å². The molecule has 0 aromatic heterocycles. The van der Waals surface area contributed by atoms with Gasteiger partial charge >= 0.3 is 0 Å². The molecule has 4 nitrogen and oxygen atoms in total. The Labute approximate surface area is 113 Å². The normalized spacial score (nSPS) is 11.2. The fourth-order valence-electron chi connectivity index (χ4n) is 1.80. The van der Waals surface area contributed by atoms with E-state index >= 15 is 0 Å². The molecule has 0 unspecified atom stereocenters. The summed E-state index contributed by atoms with van der Waals surface area (Å²) in [4.78, 5) is 12.1. The van der Waals surface area contributed by atoms with Gasteiger partial charge in [-0.25, -0.2) is 4.39 Å². The predicted molar refractivity (Wildman–Crippen MR) is 74.0 cm³/mol. The maximum absolute atomic E-state index is 13.5. The number of carbonyl (C=O) groups excluding carboxylic acids is 1. The molecule has 0 fully saturated rings. The number of para-hydroxylation sites is 1. The maximum atomic E-state index is 13.5. The van der Waals surface area contributed by atoms with E-state index in [4.69, 9.17) is 4.74 Å². The monoisotopic (exact) mass is 268 g/mol. The Morgan fingerprint density at radius 3 is 2.68 bits per heavy atom. The Morgan fingerprint density at radius 1 is 1.42 bits per heavy atom. The minimum Gasteiger partial charge on any atom is -0.385 e. The molecule has 2 N–H and O–H groups in total. The van der Waals surface area contributed by atoms with Gasteiger partial charge in [0, 0.05) is 20.2 Å². The maximum Gasteiger partial charge on any atom is 0.253 e. The van der Waals surface area contributed by atoms with Crippen molar-refractivity contribution < 1.29 is 13.9 Å². The summed E-state index contributed by atoms with van der Waals surface area (Å²) in [5.41, 5.74) is 0.0429. The standard InChI is InChI=1S/C14H21FN2O2/c1-5-19-14(2,3)9-17-13(18)10-7-6-8-11(15)12(10)16-4/h6-8,16H,5,9H2,1-4H3,(H,17,18). The molecule has 1 rings (SSSR count). The highest BCUT2D eigenvalue weighted by atomic mass is 19.1. The first kappa shape index (κ1) is 15.4. The molecule has 1 aromatic rings. The SMILES string of the molecule is CCOC(C)(C)CNC(=O)c1cccc(F)c1NC. The summed E-state index contributed by atoms with van der Waals surface area (Å²) >= 11 is 0. The molecule has 0 aliphatic carbocycles. The van der Waals surface area contributed by atoms with E-state index < -0.39 is 11.4 Å². The second-order valence-electron chi connectivity index (χ2n) is 4.79. The lowest BCUT2D eigenvalue weighted by Gasteiger charge is -2.25. The lowest BCUT2D eigenvalue weighted by atomic mass is 10.1. The average Bonchev–Trinajstić information content (AvgIpc) is 2.35. The third-order valence-corrected chi connectivity index (χ3v) is 2.72. The van der Waals surface area contributed by atoms with E-state index in [2.05, 4.69) is 10.6 Å². The number of rotatable bonds is 6. The molecule has 1 amide bonds. The minimum atomic E-state index is -0.447. The zero-order chi connectivity index (χ0) is 14.5. The number of nitrogens with one attached hydrogen (secondary N) is 2. The molecule has 0 aliphatic rings. The van der Waals surface area contributed by atoms with Crippen molar-refractivity contribution in [1.29, 1.82) is 0 Å². The van der Waals surface area contributed by atoms with Crippen molar-refractivity contribution in [2.45, 2.75) is 26.4 Å². The van der Waals surface area contributed by atoms with E-state index in [1.807, 2.05) is 20.8 Å². The van der Waals surface area contributed by atoms with E-state index in [1.165, 1.54) is 12.1 Å². The van der Waals surface area contributed by atoms with Crippen molar-refractivity contribution in [1.82, 2.24) is 5.32 Å². The van der Waals surface area contributed by atoms with Crippen molar-refractivity contribution in [2.75, 3.05) is 25.5 Å². The molecule has 19 heavy (non-hydrogen) atoms. The molecule has 0 aliphatic heterocycles. The van der Waals surface area contributed by atoms with Crippen molar-refractivity contribution >= 4 is 11.6 Å². The van der Waals surface area contributed by atoms with Crippen LogP contribution in [0.4, 0.5) is 10.1 Å². The fourth-order valence-corrected chi connectivity index (χ4v) is 1.80. The van der Waals surface area contributed by atoms with Crippen LogP contribution in [-0.2, 0) is 4.74 Å². The molecule has 106 valence electrons. The highest BCUT2D eigenvalue weighted by Crippen LogP contribution is 2.19. The van der Waals surface area contributed by atoms with E-state index in [9.17, 15) is 9.18 Å². The molecule has 1 aromatic carbocycles. The van der Waals surface area contributed by atoms with Crippen LogP contribution in [0.15, 0.2) is 18.2 Å². The van der Waals surface area contributed by atoms with Crippen LogP contribution in [-0.4, -0.2) is 31.7 Å². The van der Waals surface area contributed by atoms with Crippen LogP contribution in [0.2, 0.25) is 0 Å². The minimum absolute atomic E-state index is 0.203. The number of hydrogen-bond acceptors (Lipinski definition) is 3. The van der Waals surface area contributed by atoms with E-state index in [1.54, 1.807) is 13.1 Å². The second-order valence-corrected chi connectivity index (χ2v) is 4.79. The fraction of sp³-hybridized carbons (Fsp3) is 0.500. The highest BCUT2D eigenvalue weighted by Gasteiger charge is 2.20. The van der Waals surface area contributed by atoms with Gasteiger partial charge in [0.25, 0.3) is 5.91 Å². The third kappa shape index (κ3) is 4.21. The number of anilines is 1.